The van der Waals surface area contributed by atoms with Crippen molar-refractivity contribution in [2.24, 2.45) is 0 Å². The van der Waals surface area contributed by atoms with E-state index in [2.05, 4.69) is 24.5 Å². The summed E-state index contributed by atoms with van der Waals surface area (Å²) in [5, 5.41) is 7.02. The lowest BCUT2D eigenvalue weighted by Crippen LogP contribution is -2.48. The molecule has 0 atom stereocenters. The Morgan fingerprint density at radius 1 is 1.07 bits per heavy atom. The van der Waals surface area contributed by atoms with Crippen molar-refractivity contribution in [3.05, 3.63) is 0 Å². The zero-order chi connectivity index (χ0) is 10.4. The summed E-state index contributed by atoms with van der Waals surface area (Å²) in [5.74, 6) is 0. The van der Waals surface area contributed by atoms with Gasteiger partial charge in [-0.15, -0.1) is 0 Å². The Balaban J connectivity index is 2.22. The molecular weight excluding hydrogens is 172 g/mol. The van der Waals surface area contributed by atoms with Crippen LogP contribution in [0.1, 0.15) is 52.4 Å². The van der Waals surface area contributed by atoms with Crippen LogP contribution in [-0.2, 0) is 0 Å². The molecule has 2 N–H and O–H groups in total. The molecule has 2 heteroatoms. The van der Waals surface area contributed by atoms with Crippen LogP contribution < -0.4 is 10.6 Å². The van der Waals surface area contributed by atoms with Gasteiger partial charge < -0.3 is 10.6 Å². The van der Waals surface area contributed by atoms with Gasteiger partial charge in [0.1, 0.15) is 0 Å². The van der Waals surface area contributed by atoms with E-state index in [0.29, 0.717) is 0 Å². The van der Waals surface area contributed by atoms with Crippen LogP contribution in [-0.4, -0.2) is 25.2 Å². The molecule has 0 heterocycles. The van der Waals surface area contributed by atoms with E-state index in [0.717, 1.165) is 12.6 Å². The number of nitrogens with one attached hydrogen (secondary N) is 2. The molecule has 14 heavy (non-hydrogen) atoms. The Morgan fingerprint density at radius 3 is 2.14 bits per heavy atom. The van der Waals surface area contributed by atoms with Gasteiger partial charge in [-0.3, -0.25) is 0 Å². The van der Waals surface area contributed by atoms with E-state index in [1.807, 2.05) is 7.05 Å². The maximum Gasteiger partial charge on any atom is 0.0246 e. The Labute approximate surface area is 88.8 Å². The molecule has 1 rings (SSSR count). The van der Waals surface area contributed by atoms with Gasteiger partial charge in [0.25, 0.3) is 0 Å². The third kappa shape index (κ3) is 4.43. The van der Waals surface area contributed by atoms with Gasteiger partial charge >= 0.3 is 0 Å². The van der Waals surface area contributed by atoms with Crippen LogP contribution in [0.4, 0.5) is 0 Å². The molecule has 0 aliphatic heterocycles. The quantitative estimate of drug-likeness (QED) is 0.677. The first kappa shape index (κ1) is 12.0. The van der Waals surface area contributed by atoms with Crippen molar-refractivity contribution in [2.75, 3.05) is 13.6 Å². The van der Waals surface area contributed by atoms with Crippen molar-refractivity contribution in [2.45, 2.75) is 64.0 Å². The van der Waals surface area contributed by atoms with Crippen LogP contribution in [0.3, 0.4) is 0 Å². The van der Waals surface area contributed by atoms with Crippen LogP contribution in [0.25, 0.3) is 0 Å². The highest BCUT2D eigenvalue weighted by Crippen LogP contribution is 2.17. The van der Waals surface area contributed by atoms with E-state index in [9.17, 15) is 0 Å². The second-order valence-corrected chi connectivity index (χ2v) is 5.20. The normalized spacial score (nSPS) is 20.8. The van der Waals surface area contributed by atoms with Crippen molar-refractivity contribution in [3.8, 4) is 0 Å². The van der Waals surface area contributed by atoms with E-state index in [1.54, 1.807) is 0 Å². The summed E-state index contributed by atoms with van der Waals surface area (Å²) in [5.41, 5.74) is 0.228. The van der Waals surface area contributed by atoms with Gasteiger partial charge in [0.05, 0.1) is 0 Å². The molecule has 84 valence electrons. The van der Waals surface area contributed by atoms with Crippen molar-refractivity contribution < 1.29 is 0 Å². The van der Waals surface area contributed by atoms with Crippen LogP contribution in [0.15, 0.2) is 0 Å². The largest absolute Gasteiger partial charge is 0.314 e. The van der Waals surface area contributed by atoms with E-state index >= 15 is 0 Å². The molecule has 0 aromatic heterocycles. The Kier molecular flexibility index (Phi) is 4.90. The van der Waals surface area contributed by atoms with Crippen molar-refractivity contribution in [1.29, 1.82) is 0 Å². The molecule has 0 bridgehead atoms. The minimum absolute atomic E-state index is 0.228. The lowest BCUT2D eigenvalue weighted by molar-refractivity contribution is 0.350. The third-order valence-corrected chi connectivity index (χ3v) is 3.36. The third-order valence-electron chi connectivity index (χ3n) is 3.36. The van der Waals surface area contributed by atoms with Crippen molar-refractivity contribution in [3.63, 3.8) is 0 Å². The second-order valence-electron chi connectivity index (χ2n) is 5.20. The molecular formula is C12H26N2. The SMILES string of the molecule is CNC(C)(C)CNC1CCCCCC1. The van der Waals surface area contributed by atoms with Gasteiger partial charge in [-0.1, -0.05) is 25.7 Å². The molecule has 0 amide bonds. The number of hydrogen-bond donors (Lipinski definition) is 2. The smallest absolute Gasteiger partial charge is 0.0246 e. The average molecular weight is 198 g/mol. The fourth-order valence-electron chi connectivity index (χ4n) is 1.97. The fraction of sp³-hybridized carbons (Fsp3) is 1.00. The molecule has 0 aromatic rings. The second kappa shape index (κ2) is 5.72. The molecule has 1 saturated carbocycles. The highest BCUT2D eigenvalue weighted by Gasteiger charge is 2.17. The van der Waals surface area contributed by atoms with E-state index in [-0.39, 0.29) is 5.54 Å². The van der Waals surface area contributed by atoms with Crippen LogP contribution >= 0.6 is 0 Å². The molecule has 1 fully saturated rings. The molecule has 0 unspecified atom stereocenters. The molecule has 0 radical (unpaired) electrons. The van der Waals surface area contributed by atoms with Gasteiger partial charge in [0.2, 0.25) is 0 Å². The average Bonchev–Trinajstić information content (AvgIpc) is 2.43. The summed E-state index contributed by atoms with van der Waals surface area (Å²) in [6.07, 6.45) is 8.45. The summed E-state index contributed by atoms with van der Waals surface area (Å²) in [6, 6.07) is 0.769. The molecule has 0 saturated heterocycles. The Hall–Kier alpha value is -0.0800. The van der Waals surface area contributed by atoms with Gasteiger partial charge in [-0.2, -0.15) is 0 Å². The predicted octanol–water partition coefficient (Wildman–Crippen LogP) is 2.30. The summed E-state index contributed by atoms with van der Waals surface area (Å²) < 4.78 is 0. The lowest BCUT2D eigenvalue weighted by atomic mass is 10.0. The van der Waals surface area contributed by atoms with Gasteiger partial charge in [-0.25, -0.2) is 0 Å². The highest BCUT2D eigenvalue weighted by molar-refractivity contribution is 4.81. The molecule has 1 aliphatic carbocycles. The summed E-state index contributed by atoms with van der Waals surface area (Å²) in [4.78, 5) is 0. The van der Waals surface area contributed by atoms with Gasteiger partial charge in [0.15, 0.2) is 0 Å². The van der Waals surface area contributed by atoms with Crippen LogP contribution in [0, 0.1) is 0 Å². The Bertz CT molecular complexity index is 146. The number of rotatable bonds is 4. The molecule has 0 spiro atoms. The summed E-state index contributed by atoms with van der Waals surface area (Å²) in [7, 11) is 2.04. The standard InChI is InChI=1S/C12H26N2/c1-12(2,13-3)10-14-11-8-6-4-5-7-9-11/h11,13-14H,4-10H2,1-3H3. The number of hydrogen-bond acceptors (Lipinski definition) is 2. The minimum Gasteiger partial charge on any atom is -0.314 e. The van der Waals surface area contributed by atoms with Crippen molar-refractivity contribution in [1.82, 2.24) is 10.6 Å². The zero-order valence-electron chi connectivity index (χ0n) is 10.0. The van der Waals surface area contributed by atoms with E-state index in [4.69, 9.17) is 0 Å². The van der Waals surface area contributed by atoms with E-state index < -0.39 is 0 Å². The lowest BCUT2D eigenvalue weighted by Gasteiger charge is -2.27. The van der Waals surface area contributed by atoms with E-state index in [1.165, 1.54) is 38.5 Å². The first-order valence-electron chi connectivity index (χ1n) is 6.06. The molecule has 2 nitrogen and oxygen atoms in total. The first-order valence-corrected chi connectivity index (χ1v) is 6.06. The van der Waals surface area contributed by atoms with Gasteiger partial charge in [-0.05, 0) is 33.7 Å². The molecule has 0 aromatic carbocycles. The van der Waals surface area contributed by atoms with Crippen LogP contribution in [0.2, 0.25) is 0 Å². The first-order chi connectivity index (χ1) is 6.64. The maximum absolute atomic E-state index is 3.69. The zero-order valence-corrected chi connectivity index (χ0v) is 10.0. The number of likely N-dealkylation sites (N-methyl/N-ethyl adjacent to an activating group) is 1. The van der Waals surface area contributed by atoms with Gasteiger partial charge in [0, 0.05) is 18.1 Å². The Morgan fingerprint density at radius 2 is 1.64 bits per heavy atom. The van der Waals surface area contributed by atoms with Crippen LogP contribution in [0.5, 0.6) is 0 Å². The highest BCUT2D eigenvalue weighted by atomic mass is 15.0. The summed E-state index contributed by atoms with van der Waals surface area (Å²) >= 11 is 0. The fourth-order valence-corrected chi connectivity index (χ4v) is 1.97. The summed E-state index contributed by atoms with van der Waals surface area (Å²) in [6.45, 7) is 5.57. The minimum atomic E-state index is 0.228. The topological polar surface area (TPSA) is 24.1 Å². The predicted molar refractivity (Wildman–Crippen MR) is 62.6 cm³/mol. The maximum atomic E-state index is 3.69. The molecule has 1 aliphatic rings. The monoisotopic (exact) mass is 198 g/mol. The van der Waals surface area contributed by atoms with Crippen molar-refractivity contribution >= 4 is 0 Å².